The molecule has 1 aromatic heterocycles. The van der Waals surface area contributed by atoms with Crippen LogP contribution in [0.5, 0.6) is 0 Å². The van der Waals surface area contributed by atoms with E-state index in [9.17, 15) is 8.42 Å². The average Bonchev–Trinajstić information content (AvgIpc) is 2.89. The standard InChI is InChI=1S/C10H18N4O2S/c1-3-14(9-4-5-11-6-9)17(15,16)10-7-12-13-8(10)2/h7,9,11H,3-6H2,1-2H3,(H,12,13). The molecule has 6 nitrogen and oxygen atoms in total. The maximum absolute atomic E-state index is 12.5. The summed E-state index contributed by atoms with van der Waals surface area (Å²) < 4.78 is 26.5. The van der Waals surface area contributed by atoms with E-state index in [-0.39, 0.29) is 10.9 Å². The predicted molar refractivity (Wildman–Crippen MR) is 64.2 cm³/mol. The summed E-state index contributed by atoms with van der Waals surface area (Å²) in [6.07, 6.45) is 2.25. The third-order valence-corrected chi connectivity index (χ3v) is 5.26. The highest BCUT2D eigenvalue weighted by atomic mass is 32.2. The number of sulfonamides is 1. The molecule has 2 rings (SSSR count). The zero-order valence-electron chi connectivity index (χ0n) is 10.1. The van der Waals surface area contributed by atoms with E-state index in [1.165, 1.54) is 6.20 Å². The number of nitrogens with one attached hydrogen (secondary N) is 2. The molecule has 17 heavy (non-hydrogen) atoms. The van der Waals surface area contributed by atoms with E-state index in [0.29, 0.717) is 12.2 Å². The Morgan fingerprint density at radius 2 is 2.35 bits per heavy atom. The Bertz CT molecular complexity index is 476. The molecule has 2 heterocycles. The molecule has 2 N–H and O–H groups in total. The topological polar surface area (TPSA) is 78.1 Å². The molecule has 1 aromatic rings. The van der Waals surface area contributed by atoms with Crippen LogP contribution >= 0.6 is 0 Å². The second-order valence-electron chi connectivity index (χ2n) is 4.21. The van der Waals surface area contributed by atoms with Crippen LogP contribution in [0, 0.1) is 6.92 Å². The SMILES string of the molecule is CCN(C1CCNC1)S(=O)(=O)c1cn[nH]c1C. The van der Waals surface area contributed by atoms with Crippen LogP contribution in [0.2, 0.25) is 0 Å². The minimum atomic E-state index is -3.42. The number of H-pyrrole nitrogens is 1. The number of aryl methyl sites for hydroxylation is 1. The van der Waals surface area contributed by atoms with Crippen LogP contribution in [-0.4, -0.2) is 48.6 Å². The van der Waals surface area contributed by atoms with Gasteiger partial charge in [-0.1, -0.05) is 6.92 Å². The number of aromatic amines is 1. The van der Waals surface area contributed by atoms with Gasteiger partial charge >= 0.3 is 0 Å². The first-order chi connectivity index (χ1) is 8.07. The van der Waals surface area contributed by atoms with Crippen molar-refractivity contribution in [3.8, 4) is 0 Å². The van der Waals surface area contributed by atoms with Gasteiger partial charge in [-0.05, 0) is 19.9 Å². The highest BCUT2D eigenvalue weighted by Gasteiger charge is 2.33. The summed E-state index contributed by atoms with van der Waals surface area (Å²) in [6, 6.07) is 0.0549. The predicted octanol–water partition coefficient (Wildman–Crippen LogP) is 0.0906. The van der Waals surface area contributed by atoms with Crippen LogP contribution in [0.15, 0.2) is 11.1 Å². The number of nitrogens with zero attached hydrogens (tertiary/aromatic N) is 2. The molecule has 96 valence electrons. The molecular formula is C10H18N4O2S. The minimum absolute atomic E-state index is 0.0549. The van der Waals surface area contributed by atoms with Crippen molar-refractivity contribution >= 4 is 10.0 Å². The van der Waals surface area contributed by atoms with Crippen LogP contribution in [-0.2, 0) is 10.0 Å². The number of likely N-dealkylation sites (N-methyl/N-ethyl adjacent to an activating group) is 1. The lowest BCUT2D eigenvalue weighted by Crippen LogP contribution is -2.41. The molecule has 0 spiro atoms. The van der Waals surface area contributed by atoms with Gasteiger partial charge in [0.25, 0.3) is 0 Å². The third kappa shape index (κ3) is 2.22. The molecular weight excluding hydrogens is 240 g/mol. The summed E-state index contributed by atoms with van der Waals surface area (Å²) in [5, 5.41) is 9.65. The van der Waals surface area contributed by atoms with Gasteiger partial charge in [0.15, 0.2) is 0 Å². The Labute approximate surface area is 101 Å². The van der Waals surface area contributed by atoms with Gasteiger partial charge in [0.2, 0.25) is 10.0 Å². The highest BCUT2D eigenvalue weighted by Crippen LogP contribution is 2.22. The summed E-state index contributed by atoms with van der Waals surface area (Å²) >= 11 is 0. The van der Waals surface area contributed by atoms with Gasteiger partial charge in [0.05, 0.1) is 11.9 Å². The zero-order chi connectivity index (χ0) is 12.5. The van der Waals surface area contributed by atoms with Gasteiger partial charge in [-0.15, -0.1) is 0 Å². The Kier molecular flexibility index (Phi) is 3.50. The molecule has 1 aliphatic rings. The molecule has 0 saturated carbocycles. The van der Waals surface area contributed by atoms with Crippen molar-refractivity contribution in [2.75, 3.05) is 19.6 Å². The van der Waals surface area contributed by atoms with Crippen molar-refractivity contribution in [2.45, 2.75) is 31.2 Å². The van der Waals surface area contributed by atoms with Gasteiger partial charge in [-0.2, -0.15) is 9.40 Å². The summed E-state index contributed by atoms with van der Waals surface area (Å²) in [6.45, 7) is 5.68. The Balaban J connectivity index is 2.33. The molecule has 1 fully saturated rings. The van der Waals surface area contributed by atoms with E-state index < -0.39 is 10.0 Å². The first-order valence-electron chi connectivity index (χ1n) is 5.80. The van der Waals surface area contributed by atoms with Crippen LogP contribution < -0.4 is 5.32 Å². The van der Waals surface area contributed by atoms with Gasteiger partial charge in [0, 0.05) is 19.1 Å². The van der Waals surface area contributed by atoms with Gasteiger partial charge in [0.1, 0.15) is 4.90 Å². The molecule has 0 amide bonds. The lowest BCUT2D eigenvalue weighted by Gasteiger charge is -2.25. The quantitative estimate of drug-likeness (QED) is 0.802. The van der Waals surface area contributed by atoms with Crippen LogP contribution in [0.25, 0.3) is 0 Å². The zero-order valence-corrected chi connectivity index (χ0v) is 10.9. The normalized spacial score (nSPS) is 21.2. The largest absolute Gasteiger partial charge is 0.315 e. The van der Waals surface area contributed by atoms with E-state index in [1.807, 2.05) is 6.92 Å². The average molecular weight is 258 g/mol. The summed E-state index contributed by atoms with van der Waals surface area (Å²) in [5.41, 5.74) is 0.592. The molecule has 1 unspecified atom stereocenters. The van der Waals surface area contributed by atoms with Crippen molar-refractivity contribution in [1.29, 1.82) is 0 Å². The van der Waals surface area contributed by atoms with Gasteiger partial charge in [-0.25, -0.2) is 8.42 Å². The van der Waals surface area contributed by atoms with Crippen LogP contribution in [0.3, 0.4) is 0 Å². The van der Waals surface area contributed by atoms with E-state index >= 15 is 0 Å². The van der Waals surface area contributed by atoms with Crippen molar-refractivity contribution in [1.82, 2.24) is 19.8 Å². The number of hydrogen-bond acceptors (Lipinski definition) is 4. The van der Waals surface area contributed by atoms with Crippen molar-refractivity contribution in [3.63, 3.8) is 0 Å². The maximum atomic E-state index is 12.5. The van der Waals surface area contributed by atoms with Crippen LogP contribution in [0.1, 0.15) is 19.0 Å². The fourth-order valence-electron chi connectivity index (χ4n) is 2.24. The Hall–Kier alpha value is -0.920. The second-order valence-corrected chi connectivity index (χ2v) is 6.07. The number of aromatic nitrogens is 2. The Morgan fingerprint density at radius 1 is 1.59 bits per heavy atom. The summed E-state index contributed by atoms with van der Waals surface area (Å²) in [4.78, 5) is 0.284. The van der Waals surface area contributed by atoms with Gasteiger partial charge in [-0.3, -0.25) is 5.10 Å². The molecule has 0 aliphatic carbocycles. The fraction of sp³-hybridized carbons (Fsp3) is 0.700. The summed E-state index contributed by atoms with van der Waals surface area (Å²) in [5.74, 6) is 0. The van der Waals surface area contributed by atoms with E-state index in [0.717, 1.165) is 19.5 Å². The number of hydrogen-bond donors (Lipinski definition) is 2. The van der Waals surface area contributed by atoms with Crippen LogP contribution in [0.4, 0.5) is 0 Å². The fourth-order valence-corrected chi connectivity index (χ4v) is 4.02. The minimum Gasteiger partial charge on any atom is -0.315 e. The first-order valence-corrected chi connectivity index (χ1v) is 7.24. The lowest BCUT2D eigenvalue weighted by atomic mass is 10.3. The molecule has 1 atom stereocenters. The molecule has 1 aliphatic heterocycles. The third-order valence-electron chi connectivity index (χ3n) is 3.12. The van der Waals surface area contributed by atoms with Gasteiger partial charge < -0.3 is 5.32 Å². The number of rotatable bonds is 4. The highest BCUT2D eigenvalue weighted by molar-refractivity contribution is 7.89. The van der Waals surface area contributed by atoms with E-state index in [1.54, 1.807) is 11.2 Å². The molecule has 7 heteroatoms. The maximum Gasteiger partial charge on any atom is 0.246 e. The molecule has 1 saturated heterocycles. The van der Waals surface area contributed by atoms with Crippen molar-refractivity contribution < 1.29 is 8.42 Å². The van der Waals surface area contributed by atoms with Crippen molar-refractivity contribution in [3.05, 3.63) is 11.9 Å². The van der Waals surface area contributed by atoms with Crippen molar-refractivity contribution in [2.24, 2.45) is 0 Å². The second kappa shape index (κ2) is 4.75. The molecule has 0 bridgehead atoms. The monoisotopic (exact) mass is 258 g/mol. The summed E-state index contributed by atoms with van der Waals surface area (Å²) in [7, 11) is -3.42. The molecule has 0 aromatic carbocycles. The smallest absolute Gasteiger partial charge is 0.246 e. The van der Waals surface area contributed by atoms with E-state index in [2.05, 4.69) is 15.5 Å². The first kappa shape index (κ1) is 12.5. The van der Waals surface area contributed by atoms with E-state index in [4.69, 9.17) is 0 Å². The Morgan fingerprint density at radius 3 is 2.82 bits per heavy atom. The molecule has 0 radical (unpaired) electrons. The lowest BCUT2D eigenvalue weighted by molar-refractivity contribution is 0.348.